The smallest absolute Gasteiger partial charge is 0.243 e. The Morgan fingerprint density at radius 3 is 3.00 bits per heavy atom. The molecule has 0 atom stereocenters. The predicted molar refractivity (Wildman–Crippen MR) is 85.9 cm³/mol. The number of halogens is 1. The lowest BCUT2D eigenvalue weighted by Gasteiger charge is -2.06. The Labute approximate surface area is 131 Å². The second-order valence-electron chi connectivity index (χ2n) is 4.65. The van der Waals surface area contributed by atoms with Crippen LogP contribution in [-0.4, -0.2) is 27.7 Å². The van der Waals surface area contributed by atoms with E-state index in [0.717, 1.165) is 15.9 Å². The van der Waals surface area contributed by atoms with E-state index < -0.39 is 0 Å². The number of fused-ring (bicyclic) bond motifs is 1. The Morgan fingerprint density at radius 1 is 1.29 bits per heavy atom. The van der Waals surface area contributed by atoms with Gasteiger partial charge in [-0.05, 0) is 52.7 Å². The first-order chi connectivity index (χ1) is 10.2. The highest BCUT2D eigenvalue weighted by Crippen LogP contribution is 2.16. The first kappa shape index (κ1) is 13.9. The Hall–Kier alpha value is -2.08. The fraction of sp³-hybridized carbons (Fsp3) is 0.200. The van der Waals surface area contributed by atoms with Crippen molar-refractivity contribution < 1.29 is 4.74 Å². The van der Waals surface area contributed by atoms with Crippen LogP contribution in [0.1, 0.15) is 5.56 Å². The second-order valence-corrected chi connectivity index (χ2v) is 5.51. The number of benzene rings is 1. The molecule has 2 aromatic heterocycles. The molecule has 6 heteroatoms. The van der Waals surface area contributed by atoms with Crippen molar-refractivity contribution in [2.45, 2.75) is 6.92 Å². The lowest BCUT2D eigenvalue weighted by atomic mass is 10.2. The molecule has 3 aromatic rings. The maximum absolute atomic E-state index is 5.67. The summed E-state index contributed by atoms with van der Waals surface area (Å²) in [5, 5.41) is 7.50. The van der Waals surface area contributed by atoms with Crippen LogP contribution in [0.3, 0.4) is 0 Å². The highest BCUT2D eigenvalue weighted by molar-refractivity contribution is 9.10. The molecular weight excluding hydrogens is 332 g/mol. The van der Waals surface area contributed by atoms with Crippen LogP contribution in [0.15, 0.2) is 47.1 Å². The SMILES string of the molecule is Cc1cccc(OCCNc2nc3c(Br)cccn3n2)c1. The van der Waals surface area contributed by atoms with Gasteiger partial charge in [0.1, 0.15) is 12.4 Å². The van der Waals surface area contributed by atoms with Crippen LogP contribution in [-0.2, 0) is 0 Å². The van der Waals surface area contributed by atoms with Crippen molar-refractivity contribution in [1.82, 2.24) is 14.6 Å². The van der Waals surface area contributed by atoms with E-state index in [1.165, 1.54) is 5.56 Å². The molecule has 1 N–H and O–H groups in total. The minimum absolute atomic E-state index is 0.556. The number of hydrogen-bond acceptors (Lipinski definition) is 4. The number of aromatic nitrogens is 3. The minimum Gasteiger partial charge on any atom is -0.492 e. The number of anilines is 1. The van der Waals surface area contributed by atoms with Gasteiger partial charge in [0, 0.05) is 6.20 Å². The fourth-order valence-corrected chi connectivity index (χ4v) is 2.41. The van der Waals surface area contributed by atoms with Gasteiger partial charge in [0.05, 0.1) is 11.0 Å². The minimum atomic E-state index is 0.556. The molecule has 0 aliphatic heterocycles. The molecule has 0 amide bonds. The largest absolute Gasteiger partial charge is 0.492 e. The van der Waals surface area contributed by atoms with E-state index in [1.807, 2.05) is 49.5 Å². The number of nitrogens with zero attached hydrogens (tertiary/aromatic N) is 3. The average molecular weight is 347 g/mol. The monoisotopic (exact) mass is 346 g/mol. The predicted octanol–water partition coefficient (Wildman–Crippen LogP) is 3.29. The van der Waals surface area contributed by atoms with Gasteiger partial charge in [0.25, 0.3) is 0 Å². The van der Waals surface area contributed by atoms with Crippen LogP contribution in [0.2, 0.25) is 0 Å². The number of pyridine rings is 1. The zero-order valence-electron chi connectivity index (χ0n) is 11.6. The third-order valence-corrected chi connectivity index (χ3v) is 3.58. The summed E-state index contributed by atoms with van der Waals surface area (Å²) in [4.78, 5) is 4.41. The van der Waals surface area contributed by atoms with Gasteiger partial charge in [-0.25, -0.2) is 4.52 Å². The van der Waals surface area contributed by atoms with Gasteiger partial charge in [-0.2, -0.15) is 4.98 Å². The first-order valence-corrected chi connectivity index (χ1v) is 7.46. The van der Waals surface area contributed by atoms with Gasteiger partial charge in [0.2, 0.25) is 5.95 Å². The summed E-state index contributed by atoms with van der Waals surface area (Å²) in [6.07, 6.45) is 1.86. The van der Waals surface area contributed by atoms with E-state index in [0.29, 0.717) is 19.1 Å². The quantitative estimate of drug-likeness (QED) is 0.720. The van der Waals surface area contributed by atoms with Gasteiger partial charge in [-0.3, -0.25) is 0 Å². The molecule has 108 valence electrons. The number of aryl methyl sites for hydroxylation is 1. The number of ether oxygens (including phenoxy) is 1. The van der Waals surface area contributed by atoms with Gasteiger partial charge in [0.15, 0.2) is 5.65 Å². The van der Waals surface area contributed by atoms with Gasteiger partial charge in [-0.15, -0.1) is 5.10 Å². The van der Waals surface area contributed by atoms with Crippen LogP contribution in [0, 0.1) is 6.92 Å². The lowest BCUT2D eigenvalue weighted by molar-refractivity contribution is 0.332. The van der Waals surface area contributed by atoms with Crippen molar-refractivity contribution >= 4 is 27.5 Å². The molecule has 1 aromatic carbocycles. The van der Waals surface area contributed by atoms with Gasteiger partial charge in [-0.1, -0.05) is 12.1 Å². The van der Waals surface area contributed by atoms with E-state index in [2.05, 4.69) is 31.3 Å². The van der Waals surface area contributed by atoms with Crippen molar-refractivity contribution in [2.24, 2.45) is 0 Å². The van der Waals surface area contributed by atoms with E-state index in [9.17, 15) is 0 Å². The Bertz CT molecular complexity index is 756. The fourth-order valence-electron chi connectivity index (χ4n) is 1.99. The third-order valence-electron chi connectivity index (χ3n) is 2.96. The van der Waals surface area contributed by atoms with E-state index in [-0.39, 0.29) is 0 Å². The third kappa shape index (κ3) is 3.33. The molecule has 0 spiro atoms. The molecule has 3 rings (SSSR count). The van der Waals surface area contributed by atoms with Crippen LogP contribution in [0.5, 0.6) is 5.75 Å². The Balaban J connectivity index is 1.56. The highest BCUT2D eigenvalue weighted by Gasteiger charge is 2.05. The molecule has 0 bridgehead atoms. The zero-order chi connectivity index (χ0) is 14.7. The van der Waals surface area contributed by atoms with Crippen LogP contribution in [0.4, 0.5) is 5.95 Å². The molecule has 0 unspecified atom stereocenters. The average Bonchev–Trinajstić information content (AvgIpc) is 2.88. The van der Waals surface area contributed by atoms with Crippen molar-refractivity contribution in [3.05, 3.63) is 52.6 Å². The molecule has 0 radical (unpaired) electrons. The highest BCUT2D eigenvalue weighted by atomic mass is 79.9. The van der Waals surface area contributed by atoms with Crippen LogP contribution < -0.4 is 10.1 Å². The summed E-state index contributed by atoms with van der Waals surface area (Å²) in [7, 11) is 0. The number of rotatable bonds is 5. The van der Waals surface area contributed by atoms with Gasteiger partial charge >= 0.3 is 0 Å². The van der Waals surface area contributed by atoms with Crippen molar-refractivity contribution in [3.8, 4) is 5.75 Å². The molecule has 5 nitrogen and oxygen atoms in total. The molecule has 21 heavy (non-hydrogen) atoms. The maximum Gasteiger partial charge on any atom is 0.243 e. The molecular formula is C15H15BrN4O. The normalized spacial score (nSPS) is 10.8. The van der Waals surface area contributed by atoms with Crippen molar-refractivity contribution in [3.63, 3.8) is 0 Å². The van der Waals surface area contributed by atoms with Crippen molar-refractivity contribution in [2.75, 3.05) is 18.5 Å². The maximum atomic E-state index is 5.67. The molecule has 0 fully saturated rings. The molecule has 2 heterocycles. The number of hydrogen-bond donors (Lipinski definition) is 1. The van der Waals surface area contributed by atoms with E-state index in [1.54, 1.807) is 4.52 Å². The number of nitrogens with one attached hydrogen (secondary N) is 1. The second kappa shape index (κ2) is 6.13. The Morgan fingerprint density at radius 2 is 2.19 bits per heavy atom. The Kier molecular flexibility index (Phi) is 4.06. The topological polar surface area (TPSA) is 51.5 Å². The van der Waals surface area contributed by atoms with Crippen molar-refractivity contribution in [1.29, 1.82) is 0 Å². The summed E-state index contributed by atoms with van der Waals surface area (Å²) in [5.41, 5.74) is 1.98. The van der Waals surface area contributed by atoms with E-state index >= 15 is 0 Å². The summed E-state index contributed by atoms with van der Waals surface area (Å²) < 4.78 is 8.32. The summed E-state index contributed by atoms with van der Waals surface area (Å²) >= 11 is 3.45. The van der Waals surface area contributed by atoms with Crippen LogP contribution >= 0.6 is 15.9 Å². The van der Waals surface area contributed by atoms with Gasteiger partial charge < -0.3 is 10.1 Å². The van der Waals surface area contributed by atoms with Crippen LogP contribution in [0.25, 0.3) is 5.65 Å². The summed E-state index contributed by atoms with van der Waals surface area (Å²) in [6.45, 7) is 3.24. The van der Waals surface area contributed by atoms with E-state index in [4.69, 9.17) is 4.74 Å². The molecule has 0 saturated heterocycles. The molecule has 0 saturated carbocycles. The molecule has 0 aliphatic rings. The first-order valence-electron chi connectivity index (χ1n) is 6.66. The summed E-state index contributed by atoms with van der Waals surface area (Å²) in [6, 6.07) is 11.8. The summed E-state index contributed by atoms with van der Waals surface area (Å²) in [5.74, 6) is 1.47. The zero-order valence-corrected chi connectivity index (χ0v) is 13.2. The lowest BCUT2D eigenvalue weighted by Crippen LogP contribution is -2.12. The standard InChI is InChI=1S/C15H15BrN4O/c1-11-4-2-5-12(10-11)21-9-7-17-15-18-14-13(16)6-3-8-20(14)19-15/h2-6,8,10H,7,9H2,1H3,(H,17,19). The molecule has 0 aliphatic carbocycles.